The van der Waals surface area contributed by atoms with Gasteiger partial charge in [-0.25, -0.2) is 8.42 Å². The first-order chi connectivity index (χ1) is 14.3. The molecule has 0 aliphatic rings. The Kier molecular flexibility index (Phi) is 5.51. The molecule has 152 valence electrons. The van der Waals surface area contributed by atoms with Crippen LogP contribution < -0.4 is 5.32 Å². The molecule has 30 heavy (non-hydrogen) atoms. The van der Waals surface area contributed by atoms with Gasteiger partial charge in [0.2, 0.25) is 9.84 Å². The smallest absolute Gasteiger partial charge is 0.287 e. The van der Waals surface area contributed by atoms with E-state index in [1.54, 1.807) is 36.7 Å². The number of rotatable bonds is 5. The van der Waals surface area contributed by atoms with Gasteiger partial charge in [0, 0.05) is 28.2 Å². The van der Waals surface area contributed by atoms with E-state index in [9.17, 15) is 13.2 Å². The zero-order valence-electron chi connectivity index (χ0n) is 15.3. The molecule has 0 radical (unpaired) electrons. The van der Waals surface area contributed by atoms with Crippen LogP contribution in [-0.4, -0.2) is 19.3 Å². The standard InChI is InChI=1S/C21H14Cl2N2O4S/c22-15-8-16(23)10-18(9-15)30(27,28)17-3-1-13(2-4-17)11-25-21(26)19-7-14-5-6-24-12-20(14)29-19/h1-10,12H,11H2,(H,25,26). The molecule has 0 aliphatic heterocycles. The molecular weight excluding hydrogens is 447 g/mol. The summed E-state index contributed by atoms with van der Waals surface area (Å²) >= 11 is 11.8. The van der Waals surface area contributed by atoms with E-state index in [1.807, 2.05) is 0 Å². The topological polar surface area (TPSA) is 89.3 Å². The van der Waals surface area contributed by atoms with E-state index in [4.69, 9.17) is 27.6 Å². The zero-order chi connectivity index (χ0) is 21.3. The van der Waals surface area contributed by atoms with Gasteiger partial charge in [-0.15, -0.1) is 0 Å². The summed E-state index contributed by atoms with van der Waals surface area (Å²) in [4.78, 5) is 16.4. The second-order valence-electron chi connectivity index (χ2n) is 6.46. The molecule has 6 nitrogen and oxygen atoms in total. The molecular formula is C21H14Cl2N2O4S. The summed E-state index contributed by atoms with van der Waals surface area (Å²) in [5.74, 6) is -0.202. The fourth-order valence-corrected chi connectivity index (χ4v) is 4.86. The third kappa shape index (κ3) is 4.18. The van der Waals surface area contributed by atoms with Crippen LogP contribution in [0.4, 0.5) is 0 Å². The SMILES string of the molecule is O=C(NCc1ccc(S(=O)(=O)c2cc(Cl)cc(Cl)c2)cc1)c1cc2ccncc2o1. The van der Waals surface area contributed by atoms with Crippen molar-refractivity contribution in [1.29, 1.82) is 0 Å². The first-order valence-corrected chi connectivity index (χ1v) is 11.0. The first kappa shape index (κ1) is 20.4. The quantitative estimate of drug-likeness (QED) is 0.457. The van der Waals surface area contributed by atoms with Crippen molar-refractivity contribution >= 4 is 49.9 Å². The summed E-state index contributed by atoms with van der Waals surface area (Å²) in [6.45, 7) is 0.206. The predicted molar refractivity (Wildman–Crippen MR) is 114 cm³/mol. The molecule has 0 bridgehead atoms. The van der Waals surface area contributed by atoms with E-state index in [-0.39, 0.29) is 38.0 Å². The van der Waals surface area contributed by atoms with E-state index in [0.29, 0.717) is 5.58 Å². The second-order valence-corrected chi connectivity index (χ2v) is 9.28. The molecule has 2 aromatic heterocycles. The Morgan fingerprint density at radius 2 is 1.67 bits per heavy atom. The van der Waals surface area contributed by atoms with Crippen LogP contribution in [-0.2, 0) is 16.4 Å². The highest BCUT2D eigenvalue weighted by atomic mass is 35.5. The summed E-state index contributed by atoms with van der Waals surface area (Å²) in [6, 6.07) is 13.7. The van der Waals surface area contributed by atoms with Gasteiger partial charge in [0.1, 0.15) is 0 Å². The van der Waals surface area contributed by atoms with Crippen molar-refractivity contribution in [3.63, 3.8) is 0 Å². The van der Waals surface area contributed by atoms with E-state index >= 15 is 0 Å². The zero-order valence-corrected chi connectivity index (χ0v) is 17.6. The largest absolute Gasteiger partial charge is 0.449 e. The van der Waals surface area contributed by atoms with Gasteiger partial charge in [0.15, 0.2) is 11.3 Å². The molecule has 1 amide bonds. The minimum Gasteiger partial charge on any atom is -0.449 e. The number of fused-ring (bicyclic) bond motifs is 1. The number of amides is 1. The number of benzene rings is 2. The number of carbonyl (C=O) groups excluding carboxylic acids is 1. The van der Waals surface area contributed by atoms with Crippen molar-refractivity contribution in [3.05, 3.63) is 88.4 Å². The summed E-state index contributed by atoms with van der Waals surface area (Å²) in [7, 11) is -3.77. The number of hydrogen-bond donors (Lipinski definition) is 1. The monoisotopic (exact) mass is 460 g/mol. The maximum Gasteiger partial charge on any atom is 0.287 e. The minimum absolute atomic E-state index is 0.0143. The van der Waals surface area contributed by atoms with Crippen LogP contribution in [0.3, 0.4) is 0 Å². The molecule has 2 heterocycles. The normalized spacial score (nSPS) is 11.5. The van der Waals surface area contributed by atoms with Crippen LogP contribution in [0, 0.1) is 0 Å². The Bertz CT molecular complexity index is 1300. The van der Waals surface area contributed by atoms with Gasteiger partial charge in [-0.1, -0.05) is 35.3 Å². The number of nitrogens with zero attached hydrogens (tertiary/aromatic N) is 1. The molecule has 0 unspecified atom stereocenters. The highest BCUT2D eigenvalue weighted by Crippen LogP contribution is 2.27. The Balaban J connectivity index is 1.47. The van der Waals surface area contributed by atoms with Gasteiger partial charge < -0.3 is 9.73 Å². The van der Waals surface area contributed by atoms with E-state index in [0.717, 1.165) is 10.9 Å². The number of furan rings is 1. The van der Waals surface area contributed by atoms with Gasteiger partial charge in [-0.3, -0.25) is 9.78 Å². The molecule has 0 aliphatic carbocycles. The third-order valence-corrected chi connectivity index (χ3v) is 6.57. The lowest BCUT2D eigenvalue weighted by atomic mass is 10.2. The Morgan fingerprint density at radius 3 is 2.33 bits per heavy atom. The number of halogens is 2. The molecule has 0 atom stereocenters. The predicted octanol–water partition coefficient (Wildman–Crippen LogP) is 4.90. The minimum atomic E-state index is -3.77. The molecule has 2 aromatic carbocycles. The highest BCUT2D eigenvalue weighted by Gasteiger charge is 2.19. The van der Waals surface area contributed by atoms with Crippen molar-refractivity contribution in [2.24, 2.45) is 0 Å². The number of aromatic nitrogens is 1. The average molecular weight is 461 g/mol. The van der Waals surface area contributed by atoms with Crippen molar-refractivity contribution in [2.45, 2.75) is 16.3 Å². The maximum atomic E-state index is 12.8. The Labute approximate surface area is 182 Å². The highest BCUT2D eigenvalue weighted by molar-refractivity contribution is 7.91. The number of carbonyl (C=O) groups is 1. The third-order valence-electron chi connectivity index (χ3n) is 4.38. The fourth-order valence-electron chi connectivity index (χ4n) is 2.87. The number of nitrogens with one attached hydrogen (secondary N) is 1. The van der Waals surface area contributed by atoms with Gasteiger partial charge in [-0.05, 0) is 48.0 Å². The van der Waals surface area contributed by atoms with Gasteiger partial charge in [0.05, 0.1) is 16.0 Å². The van der Waals surface area contributed by atoms with Gasteiger partial charge in [0.25, 0.3) is 5.91 Å². The molecule has 0 spiro atoms. The second kappa shape index (κ2) is 8.10. The van der Waals surface area contributed by atoms with E-state index < -0.39 is 9.84 Å². The summed E-state index contributed by atoms with van der Waals surface area (Å²) in [5, 5.41) is 4.00. The van der Waals surface area contributed by atoms with Crippen LogP contribution in [0.2, 0.25) is 10.0 Å². The summed E-state index contributed by atoms with van der Waals surface area (Å²) in [6.07, 6.45) is 3.16. The molecule has 4 rings (SSSR count). The van der Waals surface area contributed by atoms with E-state index in [1.165, 1.54) is 30.3 Å². The van der Waals surface area contributed by atoms with Crippen LogP contribution in [0.5, 0.6) is 0 Å². The van der Waals surface area contributed by atoms with Crippen molar-refractivity contribution in [3.8, 4) is 0 Å². The Hall–Kier alpha value is -2.87. The fraction of sp³-hybridized carbons (Fsp3) is 0.0476. The maximum absolute atomic E-state index is 12.8. The molecule has 0 saturated carbocycles. The number of sulfone groups is 1. The molecule has 9 heteroatoms. The Morgan fingerprint density at radius 1 is 0.967 bits per heavy atom. The lowest BCUT2D eigenvalue weighted by Gasteiger charge is -2.08. The van der Waals surface area contributed by atoms with Crippen molar-refractivity contribution in [1.82, 2.24) is 10.3 Å². The number of pyridine rings is 1. The lowest BCUT2D eigenvalue weighted by Crippen LogP contribution is -2.22. The van der Waals surface area contributed by atoms with Crippen molar-refractivity contribution in [2.75, 3.05) is 0 Å². The summed E-state index contributed by atoms with van der Waals surface area (Å²) in [5.41, 5.74) is 1.25. The molecule has 4 aromatic rings. The van der Waals surface area contributed by atoms with Crippen LogP contribution in [0.15, 0.2) is 81.2 Å². The van der Waals surface area contributed by atoms with Crippen molar-refractivity contribution < 1.29 is 17.6 Å². The summed E-state index contributed by atoms with van der Waals surface area (Å²) < 4.78 is 31.0. The molecule has 0 saturated heterocycles. The average Bonchev–Trinajstić information content (AvgIpc) is 3.16. The molecule has 0 fully saturated rings. The number of hydrogen-bond acceptors (Lipinski definition) is 5. The van der Waals surface area contributed by atoms with Crippen LogP contribution >= 0.6 is 23.2 Å². The molecule has 1 N–H and O–H groups in total. The first-order valence-electron chi connectivity index (χ1n) is 8.75. The van der Waals surface area contributed by atoms with Crippen LogP contribution in [0.25, 0.3) is 11.0 Å². The van der Waals surface area contributed by atoms with E-state index in [2.05, 4.69) is 10.3 Å². The van der Waals surface area contributed by atoms with Gasteiger partial charge >= 0.3 is 0 Å². The van der Waals surface area contributed by atoms with Crippen LogP contribution in [0.1, 0.15) is 16.1 Å². The van der Waals surface area contributed by atoms with Gasteiger partial charge in [-0.2, -0.15) is 0 Å². The lowest BCUT2D eigenvalue weighted by molar-refractivity contribution is 0.0925.